The zero-order chi connectivity index (χ0) is 20.5. The maximum atomic E-state index is 12.0. The number of amides is 2. The van der Waals surface area contributed by atoms with Crippen molar-refractivity contribution in [2.75, 3.05) is 13.1 Å². The number of thiophene rings is 1. The molecule has 5 nitrogen and oxygen atoms in total. The van der Waals surface area contributed by atoms with Crippen LogP contribution in [0.15, 0.2) is 41.8 Å². The van der Waals surface area contributed by atoms with E-state index in [1.165, 1.54) is 42.7 Å². The Bertz CT molecular complexity index is 774. The molecule has 2 aromatic rings. The van der Waals surface area contributed by atoms with Crippen molar-refractivity contribution < 1.29 is 9.59 Å². The van der Waals surface area contributed by atoms with Crippen molar-refractivity contribution >= 4 is 23.2 Å². The third-order valence-corrected chi connectivity index (χ3v) is 6.32. The van der Waals surface area contributed by atoms with Crippen LogP contribution in [0.25, 0.3) is 0 Å². The van der Waals surface area contributed by atoms with E-state index in [0.29, 0.717) is 36.9 Å². The fourth-order valence-corrected chi connectivity index (χ4v) is 4.26. The minimum absolute atomic E-state index is 0.0154. The van der Waals surface area contributed by atoms with Crippen LogP contribution in [0.2, 0.25) is 0 Å². The Balaban J connectivity index is 1.32. The van der Waals surface area contributed by atoms with Gasteiger partial charge in [-0.1, -0.05) is 36.8 Å². The number of piperidine rings is 1. The number of carbonyl (C=O) groups excluding carboxylic acids is 2. The predicted octanol–water partition coefficient (Wildman–Crippen LogP) is 3.95. The van der Waals surface area contributed by atoms with Crippen molar-refractivity contribution in [2.24, 2.45) is 0 Å². The van der Waals surface area contributed by atoms with Gasteiger partial charge in [0.2, 0.25) is 5.91 Å². The molecule has 0 bridgehead atoms. The molecule has 1 unspecified atom stereocenters. The highest BCUT2D eigenvalue weighted by Crippen LogP contribution is 2.19. The van der Waals surface area contributed by atoms with E-state index in [0.717, 1.165) is 12.1 Å². The fourth-order valence-electron chi connectivity index (χ4n) is 3.62. The lowest BCUT2D eigenvalue weighted by Crippen LogP contribution is -2.36. The first-order chi connectivity index (χ1) is 14.1. The van der Waals surface area contributed by atoms with E-state index in [9.17, 15) is 9.59 Å². The van der Waals surface area contributed by atoms with E-state index in [4.69, 9.17) is 0 Å². The van der Waals surface area contributed by atoms with E-state index in [-0.39, 0.29) is 11.8 Å². The van der Waals surface area contributed by atoms with Gasteiger partial charge in [-0.2, -0.15) is 0 Å². The number of carbonyl (C=O) groups is 2. The second-order valence-corrected chi connectivity index (χ2v) is 8.69. The number of nitrogens with zero attached hydrogens (tertiary/aromatic N) is 1. The SMILES string of the molecule is CC1CCCCN1Cc1ccc(CNC(=O)CCCNC(=O)c2cccs2)cc1. The lowest BCUT2D eigenvalue weighted by Gasteiger charge is -2.33. The fraction of sp³-hybridized carbons (Fsp3) is 0.478. The monoisotopic (exact) mass is 413 g/mol. The predicted molar refractivity (Wildman–Crippen MR) is 118 cm³/mol. The van der Waals surface area contributed by atoms with Crippen molar-refractivity contribution in [1.29, 1.82) is 0 Å². The Kier molecular flexibility index (Phi) is 8.25. The standard InChI is InChI=1S/C23H31N3O2S/c1-18-6-2-3-14-26(18)17-20-11-9-19(10-12-20)16-25-22(27)8-4-13-24-23(28)21-7-5-15-29-21/h5,7,9-12,15,18H,2-4,6,8,13-14,16-17H2,1H3,(H,24,28)(H,25,27). The van der Waals surface area contributed by atoms with Gasteiger partial charge in [-0.25, -0.2) is 0 Å². The summed E-state index contributed by atoms with van der Waals surface area (Å²) in [5.74, 6) is -0.0546. The summed E-state index contributed by atoms with van der Waals surface area (Å²) in [6.07, 6.45) is 4.98. The van der Waals surface area contributed by atoms with Crippen LogP contribution in [0, 0.1) is 0 Å². The molecule has 1 fully saturated rings. The number of nitrogens with one attached hydrogen (secondary N) is 2. The Morgan fingerprint density at radius 2 is 1.90 bits per heavy atom. The van der Waals surface area contributed by atoms with Crippen LogP contribution in [0.5, 0.6) is 0 Å². The number of hydrogen-bond donors (Lipinski definition) is 2. The van der Waals surface area contributed by atoms with Crippen LogP contribution in [0.4, 0.5) is 0 Å². The van der Waals surface area contributed by atoms with Gasteiger partial charge < -0.3 is 10.6 Å². The summed E-state index contributed by atoms with van der Waals surface area (Å²) in [6, 6.07) is 12.9. The molecule has 3 rings (SSSR count). The van der Waals surface area contributed by atoms with Crippen molar-refractivity contribution in [3.63, 3.8) is 0 Å². The minimum Gasteiger partial charge on any atom is -0.352 e. The van der Waals surface area contributed by atoms with Crippen LogP contribution >= 0.6 is 11.3 Å². The third-order valence-electron chi connectivity index (χ3n) is 5.45. The third kappa shape index (κ3) is 6.98. The molecule has 0 aliphatic carbocycles. The van der Waals surface area contributed by atoms with E-state index < -0.39 is 0 Å². The van der Waals surface area contributed by atoms with Gasteiger partial charge in [-0.05, 0) is 55.3 Å². The summed E-state index contributed by atoms with van der Waals surface area (Å²) < 4.78 is 0. The molecule has 0 radical (unpaired) electrons. The van der Waals surface area contributed by atoms with Crippen molar-refractivity contribution in [1.82, 2.24) is 15.5 Å². The molecule has 2 amide bonds. The molecule has 156 valence electrons. The molecule has 1 atom stereocenters. The van der Waals surface area contributed by atoms with E-state index in [1.54, 1.807) is 6.07 Å². The maximum absolute atomic E-state index is 12.0. The van der Waals surface area contributed by atoms with Gasteiger partial charge in [-0.3, -0.25) is 14.5 Å². The normalized spacial score (nSPS) is 17.1. The first kappa shape index (κ1) is 21.5. The number of hydrogen-bond acceptors (Lipinski definition) is 4. The molecule has 1 saturated heterocycles. The Morgan fingerprint density at radius 1 is 1.10 bits per heavy atom. The largest absolute Gasteiger partial charge is 0.352 e. The highest BCUT2D eigenvalue weighted by Gasteiger charge is 2.17. The highest BCUT2D eigenvalue weighted by atomic mass is 32.1. The average molecular weight is 414 g/mol. The van der Waals surface area contributed by atoms with Crippen LogP contribution in [0.3, 0.4) is 0 Å². The lowest BCUT2D eigenvalue weighted by atomic mass is 10.0. The summed E-state index contributed by atoms with van der Waals surface area (Å²) >= 11 is 1.42. The van der Waals surface area contributed by atoms with Crippen molar-refractivity contribution in [3.8, 4) is 0 Å². The summed E-state index contributed by atoms with van der Waals surface area (Å²) in [5.41, 5.74) is 2.44. The molecule has 1 aromatic carbocycles. The zero-order valence-electron chi connectivity index (χ0n) is 17.2. The molecule has 0 spiro atoms. The molecule has 1 aliphatic heterocycles. The molecular weight excluding hydrogens is 382 g/mol. The van der Waals surface area contributed by atoms with Crippen LogP contribution in [-0.4, -0.2) is 35.8 Å². The molecule has 2 N–H and O–H groups in total. The van der Waals surface area contributed by atoms with Gasteiger partial charge in [0.25, 0.3) is 5.91 Å². The van der Waals surface area contributed by atoms with Crippen molar-refractivity contribution in [2.45, 2.75) is 58.2 Å². The van der Waals surface area contributed by atoms with Gasteiger partial charge in [0.1, 0.15) is 0 Å². The minimum atomic E-state index is -0.0700. The van der Waals surface area contributed by atoms with E-state index >= 15 is 0 Å². The highest BCUT2D eigenvalue weighted by molar-refractivity contribution is 7.12. The molecule has 1 aliphatic rings. The zero-order valence-corrected chi connectivity index (χ0v) is 18.0. The van der Waals surface area contributed by atoms with Crippen LogP contribution in [-0.2, 0) is 17.9 Å². The Morgan fingerprint density at radius 3 is 2.62 bits per heavy atom. The van der Waals surface area contributed by atoms with Gasteiger partial charge >= 0.3 is 0 Å². The molecular formula is C23H31N3O2S. The quantitative estimate of drug-likeness (QED) is 0.612. The summed E-state index contributed by atoms with van der Waals surface area (Å²) in [4.78, 5) is 27.1. The number of benzene rings is 1. The second kappa shape index (κ2) is 11.1. The molecule has 2 heterocycles. The Hall–Kier alpha value is -2.18. The maximum Gasteiger partial charge on any atom is 0.261 e. The first-order valence-corrected chi connectivity index (χ1v) is 11.4. The lowest BCUT2D eigenvalue weighted by molar-refractivity contribution is -0.121. The van der Waals surface area contributed by atoms with Gasteiger partial charge in [0.15, 0.2) is 0 Å². The average Bonchev–Trinajstić information content (AvgIpc) is 3.27. The number of likely N-dealkylation sites (tertiary alicyclic amines) is 1. The summed E-state index contributed by atoms with van der Waals surface area (Å²) in [6.45, 7) is 5.56. The van der Waals surface area contributed by atoms with E-state index in [2.05, 4.69) is 46.7 Å². The van der Waals surface area contributed by atoms with Crippen LogP contribution in [0.1, 0.15) is 59.8 Å². The summed E-state index contributed by atoms with van der Waals surface area (Å²) in [7, 11) is 0. The van der Waals surface area contributed by atoms with Crippen LogP contribution < -0.4 is 10.6 Å². The topological polar surface area (TPSA) is 61.4 Å². The molecule has 29 heavy (non-hydrogen) atoms. The smallest absolute Gasteiger partial charge is 0.261 e. The second-order valence-electron chi connectivity index (χ2n) is 7.75. The van der Waals surface area contributed by atoms with Gasteiger partial charge in [0.05, 0.1) is 4.88 Å². The first-order valence-electron chi connectivity index (χ1n) is 10.5. The van der Waals surface area contributed by atoms with Crippen molar-refractivity contribution in [3.05, 3.63) is 57.8 Å². The molecule has 6 heteroatoms. The number of rotatable bonds is 9. The van der Waals surface area contributed by atoms with Gasteiger partial charge in [0, 0.05) is 32.1 Å². The molecule has 0 saturated carbocycles. The molecule has 1 aromatic heterocycles. The Labute approximate surface area is 177 Å². The summed E-state index contributed by atoms with van der Waals surface area (Å²) in [5, 5.41) is 7.69. The van der Waals surface area contributed by atoms with E-state index in [1.807, 2.05) is 11.4 Å². The van der Waals surface area contributed by atoms with Gasteiger partial charge in [-0.15, -0.1) is 11.3 Å².